The monoisotopic (exact) mass is 1270 g/mol. The first-order valence-electron chi connectivity index (χ1n) is 31.4. The number of aliphatic carboxylic acids is 1. The highest BCUT2D eigenvalue weighted by atomic mass is 16.8. The maximum Gasteiger partial charge on any atom is 0.335 e. The van der Waals surface area contributed by atoms with Gasteiger partial charge in [-0.25, -0.2) is 9.59 Å². The number of allylic oxidation sites excluding steroid dienone is 2. The number of fused-ring (bicyclic) bond motifs is 7. The van der Waals surface area contributed by atoms with Crippen molar-refractivity contribution in [2.45, 2.75) is 262 Å². The third-order valence-corrected chi connectivity index (χ3v) is 23.3. The Kier molecular flexibility index (Phi) is 20.5. The van der Waals surface area contributed by atoms with Crippen LogP contribution in [0, 0.1) is 56.2 Å². The molecule has 89 heavy (non-hydrogen) atoms. The second kappa shape index (κ2) is 26.0. The number of carbonyl (C=O) groups excluding carboxylic acids is 2. The summed E-state index contributed by atoms with van der Waals surface area (Å²) < 4.78 is 61.3. The van der Waals surface area contributed by atoms with Crippen LogP contribution in [0.3, 0.4) is 0 Å². The molecule has 508 valence electrons. The zero-order valence-corrected chi connectivity index (χ0v) is 52.6. The van der Waals surface area contributed by atoms with E-state index in [-0.39, 0.29) is 24.7 Å². The molecule has 0 aromatic rings. The minimum Gasteiger partial charge on any atom is -0.479 e. The van der Waals surface area contributed by atoms with Crippen LogP contribution < -0.4 is 0 Å². The lowest BCUT2D eigenvalue weighted by Crippen LogP contribution is -2.76. The van der Waals surface area contributed by atoms with Crippen molar-refractivity contribution >= 4 is 17.9 Å². The fourth-order valence-corrected chi connectivity index (χ4v) is 17.4. The molecule has 27 heteroatoms. The van der Waals surface area contributed by atoms with Crippen LogP contribution in [-0.4, -0.2) is 257 Å². The number of hydrogen-bond acceptors (Lipinski definition) is 26. The van der Waals surface area contributed by atoms with Crippen molar-refractivity contribution in [3.8, 4) is 0 Å². The average Bonchev–Trinajstić information content (AvgIpc) is 0.667. The first kappa shape index (κ1) is 70.4. The van der Waals surface area contributed by atoms with Gasteiger partial charge in [-0.15, -0.1) is 0 Å². The maximum atomic E-state index is 14.0. The van der Waals surface area contributed by atoms with Crippen LogP contribution in [0.5, 0.6) is 0 Å². The molecule has 8 fully saturated rings. The molecule has 0 amide bonds. The van der Waals surface area contributed by atoms with E-state index in [0.717, 1.165) is 5.57 Å². The summed E-state index contributed by atoms with van der Waals surface area (Å²) in [6.07, 6.45) is -34.0. The molecule has 0 bridgehead atoms. The third-order valence-electron chi connectivity index (χ3n) is 23.3. The molecule has 0 aromatic carbocycles. The second-order valence-electron chi connectivity index (χ2n) is 28.8. The molecule has 0 radical (unpaired) electrons. The number of rotatable bonds is 16. The van der Waals surface area contributed by atoms with Crippen LogP contribution in [0.25, 0.3) is 0 Å². The van der Waals surface area contributed by atoms with E-state index in [9.17, 15) is 85.9 Å². The Morgan fingerprint density at radius 1 is 0.674 bits per heavy atom. The molecular formula is C62H98O27. The Labute approximate surface area is 517 Å². The van der Waals surface area contributed by atoms with E-state index in [1.807, 2.05) is 41.5 Å². The van der Waals surface area contributed by atoms with Gasteiger partial charge < -0.3 is 119 Å². The zero-order valence-electron chi connectivity index (χ0n) is 52.6. The Balaban J connectivity index is 1.05. The number of esters is 2. The van der Waals surface area contributed by atoms with Crippen LogP contribution in [0.4, 0.5) is 0 Å². The summed E-state index contributed by atoms with van der Waals surface area (Å²) in [5.41, 5.74) is -4.85. The lowest BCUT2D eigenvalue weighted by molar-refractivity contribution is -0.399. The summed E-state index contributed by atoms with van der Waals surface area (Å²) in [6.45, 7) is 18.1. The lowest BCUT2D eigenvalue weighted by Gasteiger charge is -2.73. The van der Waals surface area contributed by atoms with Gasteiger partial charge >= 0.3 is 17.9 Å². The molecule has 0 spiro atoms. The molecule has 0 unspecified atom stereocenters. The second-order valence-corrected chi connectivity index (χ2v) is 28.8. The van der Waals surface area contributed by atoms with Crippen molar-refractivity contribution in [3.05, 3.63) is 23.3 Å². The highest BCUT2D eigenvalue weighted by Gasteiger charge is 2.76. The van der Waals surface area contributed by atoms with Crippen molar-refractivity contribution in [2.75, 3.05) is 26.4 Å². The first-order valence-corrected chi connectivity index (χ1v) is 31.4. The van der Waals surface area contributed by atoms with Gasteiger partial charge in [-0.3, -0.25) is 4.79 Å². The standard InChI is InChI=1S/C62H98O27/c1-12-25(3)51(78)88-48-49(89-52(79)26(4)13-2)62(24-64)28(20-57(48,5)6)27-14-15-33-59(9)18-17-34(58(7,8)32(59)16-19-60(33,10)61(27,11)46(74)47(62)75)83-56-45(87-54-40(72)38(70)37(69)31(21-63)82-54)42(41(73)43(85-56)50(76)77)84-55-44(36(68)30(66)23-81-55)86-53-39(71)35(67)29(65)22-80-53/h12,14,26,28-49,53-56,63-75H,13,15-24H2,1-11H3,(H,76,77)/b25-12-/t26-,28-,29+,30-,31+,32-,33+,34-,35-,36-,37-,38-,39+,40+,41-,42-,43-,44+,45+,46-,47+,48-,49-,53-,54-,55-,56+,59-,60+,61-,62-/m0/s1. The van der Waals surface area contributed by atoms with Gasteiger partial charge in [0.2, 0.25) is 0 Å². The van der Waals surface area contributed by atoms with E-state index in [0.29, 0.717) is 37.7 Å². The molecular weight excluding hydrogens is 1180 g/mol. The summed E-state index contributed by atoms with van der Waals surface area (Å²) >= 11 is 0. The van der Waals surface area contributed by atoms with Gasteiger partial charge in [0.15, 0.2) is 37.4 Å². The lowest BCUT2D eigenvalue weighted by atomic mass is 9.32. The van der Waals surface area contributed by atoms with Crippen molar-refractivity contribution in [1.82, 2.24) is 0 Å². The van der Waals surface area contributed by atoms with E-state index in [4.69, 9.17) is 47.4 Å². The van der Waals surface area contributed by atoms with E-state index in [1.165, 1.54) is 0 Å². The summed E-state index contributed by atoms with van der Waals surface area (Å²) in [5, 5.41) is 158. The Bertz CT molecular complexity index is 2600. The van der Waals surface area contributed by atoms with E-state index < -0.39 is 230 Å². The molecule has 9 aliphatic rings. The minimum absolute atomic E-state index is 0.190. The quantitative estimate of drug-likeness (QED) is 0.0374. The van der Waals surface area contributed by atoms with Gasteiger partial charge in [0, 0.05) is 16.4 Å². The molecule has 5 aliphatic carbocycles. The summed E-state index contributed by atoms with van der Waals surface area (Å²) in [4.78, 5) is 40.8. The average molecular weight is 1280 g/mol. The zero-order chi connectivity index (χ0) is 65.7. The summed E-state index contributed by atoms with van der Waals surface area (Å²) in [6, 6.07) is 0. The van der Waals surface area contributed by atoms with Gasteiger partial charge in [0.25, 0.3) is 0 Å². The van der Waals surface area contributed by atoms with Crippen molar-refractivity contribution in [1.29, 1.82) is 0 Å². The van der Waals surface area contributed by atoms with Crippen LogP contribution in [0.2, 0.25) is 0 Å². The molecule has 4 saturated heterocycles. The molecule has 4 heterocycles. The Morgan fingerprint density at radius 2 is 1.29 bits per heavy atom. The highest BCUT2D eigenvalue weighted by Crippen LogP contribution is 2.76. The van der Waals surface area contributed by atoms with Crippen molar-refractivity contribution in [2.24, 2.45) is 56.2 Å². The van der Waals surface area contributed by atoms with E-state index in [2.05, 4.69) is 19.9 Å². The van der Waals surface area contributed by atoms with Crippen molar-refractivity contribution in [3.63, 3.8) is 0 Å². The molecule has 31 atom stereocenters. The SMILES string of the molecule is C/C=C(/C)C(=O)O[C@H]1[C@H](OC(=O)[C@@H](C)CC)[C@]2(CO)[C@H](O)[C@H](O)[C@]3(C)C(=CC[C@@H]4[C@@]5(C)CC[C@H](O[C@@H]6O[C@H](C(=O)O)[C@@H](O)[C@H](O[C@@H]7OC[C@H](O)[C@H](O)[C@H]7O[C@@H]7OC[C@@H](O)[C@H](O)[C@H]7O)[C@H]6O[C@@H]6O[C@H](CO)[C@H](O)[C@H](O)[C@H]6O)C(C)(C)[C@@H]5CC[C@]43C)[C@@H]2CC1(C)C. The smallest absolute Gasteiger partial charge is 0.335 e. The topological polar surface area (TPSA) is 427 Å². The number of hydrogen-bond donors (Lipinski definition) is 14. The number of ether oxygens (including phenoxy) is 10. The van der Waals surface area contributed by atoms with Crippen molar-refractivity contribution < 1.29 is 133 Å². The van der Waals surface area contributed by atoms with Crippen LogP contribution in [0.1, 0.15) is 121 Å². The molecule has 0 aromatic heterocycles. The predicted molar refractivity (Wildman–Crippen MR) is 303 cm³/mol. The predicted octanol–water partition coefficient (Wildman–Crippen LogP) is -1.19. The summed E-state index contributed by atoms with van der Waals surface area (Å²) in [5.74, 6) is -4.64. The van der Waals surface area contributed by atoms with Gasteiger partial charge in [0.05, 0.1) is 56.1 Å². The highest BCUT2D eigenvalue weighted by molar-refractivity contribution is 5.88. The van der Waals surface area contributed by atoms with Crippen LogP contribution in [0.15, 0.2) is 23.3 Å². The number of aliphatic hydroxyl groups excluding tert-OH is 13. The number of carbonyl (C=O) groups is 3. The number of aliphatic hydroxyl groups is 13. The number of carboxylic acid groups (broad SMARTS) is 1. The molecule has 4 aliphatic heterocycles. The first-order chi connectivity index (χ1) is 41.6. The normalized spacial score (nSPS) is 50.0. The van der Waals surface area contributed by atoms with Gasteiger partial charge in [-0.05, 0) is 92.8 Å². The van der Waals surface area contributed by atoms with Gasteiger partial charge in [-0.2, -0.15) is 0 Å². The van der Waals surface area contributed by atoms with Gasteiger partial charge in [-0.1, -0.05) is 80.0 Å². The fourth-order valence-electron chi connectivity index (χ4n) is 17.4. The summed E-state index contributed by atoms with van der Waals surface area (Å²) in [7, 11) is 0. The Morgan fingerprint density at radius 3 is 1.91 bits per heavy atom. The van der Waals surface area contributed by atoms with E-state index >= 15 is 0 Å². The number of carboxylic acids is 1. The Hall–Kier alpha value is -2.95. The fraction of sp³-hybridized carbons (Fsp3) is 0.887. The molecule has 14 N–H and O–H groups in total. The van der Waals surface area contributed by atoms with E-state index in [1.54, 1.807) is 26.8 Å². The maximum absolute atomic E-state index is 14.0. The molecule has 4 saturated carbocycles. The minimum atomic E-state index is -2.23. The molecule has 9 rings (SSSR count). The third kappa shape index (κ3) is 11.6. The van der Waals surface area contributed by atoms with Crippen LogP contribution in [-0.2, 0) is 61.8 Å². The molecule has 27 nitrogen and oxygen atoms in total. The van der Waals surface area contributed by atoms with Crippen LogP contribution >= 0.6 is 0 Å². The largest absolute Gasteiger partial charge is 0.479 e. The van der Waals surface area contributed by atoms with Gasteiger partial charge in [0.1, 0.15) is 85.5 Å².